The number of fused-ring (bicyclic) bond motifs is 3. The van der Waals surface area contributed by atoms with Crippen LogP contribution in [0.3, 0.4) is 0 Å². The maximum absolute atomic E-state index is 13.8. The van der Waals surface area contributed by atoms with Gasteiger partial charge in [0.25, 0.3) is 0 Å². The largest absolute Gasteiger partial charge is 0.475 e. The predicted octanol–water partition coefficient (Wildman–Crippen LogP) is 4.17. The lowest BCUT2D eigenvalue weighted by Gasteiger charge is -2.32. The number of furan rings is 1. The SMILES string of the molecule is C[C@@H]1Cc2oc(C(=O)O)c(C(F)(F)F)c2-c2nn(CC3CCN(C(=O)C4CC4)CC3)cc21. The Kier molecular flexibility index (Phi) is 4.86. The molecule has 1 saturated heterocycles. The summed E-state index contributed by atoms with van der Waals surface area (Å²) >= 11 is 0. The molecule has 2 aromatic rings. The number of halogens is 3. The van der Waals surface area contributed by atoms with Crippen molar-refractivity contribution in [3.63, 3.8) is 0 Å². The lowest BCUT2D eigenvalue weighted by Crippen LogP contribution is -2.40. The third-order valence-corrected chi connectivity index (χ3v) is 6.81. The number of carboxylic acid groups (broad SMARTS) is 1. The van der Waals surface area contributed by atoms with Crippen molar-refractivity contribution < 1.29 is 32.3 Å². The number of carbonyl (C=O) groups excluding carboxylic acids is 1. The van der Waals surface area contributed by atoms with Crippen molar-refractivity contribution in [2.75, 3.05) is 13.1 Å². The number of aromatic carboxylic acids is 1. The topological polar surface area (TPSA) is 88.6 Å². The minimum absolute atomic E-state index is 0.0203. The molecule has 0 spiro atoms. The summed E-state index contributed by atoms with van der Waals surface area (Å²) in [5.41, 5.74) is -0.678. The first kappa shape index (κ1) is 21.1. The van der Waals surface area contributed by atoms with Gasteiger partial charge in [0, 0.05) is 43.7 Å². The fourth-order valence-electron chi connectivity index (χ4n) is 4.96. The summed E-state index contributed by atoms with van der Waals surface area (Å²) in [6.07, 6.45) is 0.710. The van der Waals surface area contributed by atoms with E-state index in [1.54, 1.807) is 10.9 Å². The fraction of sp³-hybridized carbons (Fsp3) is 0.591. The number of likely N-dealkylation sites (tertiary alicyclic amines) is 1. The minimum atomic E-state index is -4.87. The molecule has 3 heterocycles. The van der Waals surface area contributed by atoms with Crippen LogP contribution in [0.4, 0.5) is 13.2 Å². The summed E-state index contributed by atoms with van der Waals surface area (Å²) in [7, 11) is 0. The van der Waals surface area contributed by atoms with Crippen LogP contribution in [-0.2, 0) is 23.9 Å². The van der Waals surface area contributed by atoms with Crippen LogP contribution in [0.25, 0.3) is 11.3 Å². The van der Waals surface area contributed by atoms with Crippen molar-refractivity contribution in [3.05, 3.63) is 28.8 Å². The monoisotopic (exact) mass is 451 g/mol. The Morgan fingerprint density at radius 1 is 1.22 bits per heavy atom. The number of rotatable bonds is 4. The number of piperidine rings is 1. The highest BCUT2D eigenvalue weighted by molar-refractivity contribution is 5.91. The zero-order valence-corrected chi connectivity index (χ0v) is 17.6. The van der Waals surface area contributed by atoms with Gasteiger partial charge in [-0.1, -0.05) is 6.92 Å². The van der Waals surface area contributed by atoms with E-state index in [9.17, 15) is 27.9 Å². The van der Waals surface area contributed by atoms with Crippen LogP contribution in [0.5, 0.6) is 0 Å². The molecule has 1 aliphatic heterocycles. The highest BCUT2D eigenvalue weighted by Crippen LogP contribution is 2.48. The molecule has 2 aliphatic carbocycles. The zero-order valence-electron chi connectivity index (χ0n) is 17.6. The van der Waals surface area contributed by atoms with Crippen LogP contribution in [0.1, 0.15) is 66.0 Å². The van der Waals surface area contributed by atoms with E-state index in [-0.39, 0.29) is 47.1 Å². The number of alkyl halides is 3. The van der Waals surface area contributed by atoms with Crippen LogP contribution in [0.15, 0.2) is 10.6 Å². The van der Waals surface area contributed by atoms with Gasteiger partial charge in [0.2, 0.25) is 11.7 Å². The molecule has 0 aromatic carbocycles. The van der Waals surface area contributed by atoms with E-state index >= 15 is 0 Å². The van der Waals surface area contributed by atoms with Crippen LogP contribution in [-0.4, -0.2) is 44.8 Å². The Morgan fingerprint density at radius 2 is 1.91 bits per heavy atom. The smallest absolute Gasteiger partial charge is 0.421 e. The molecule has 172 valence electrons. The van der Waals surface area contributed by atoms with Gasteiger partial charge in [0.05, 0.1) is 11.3 Å². The van der Waals surface area contributed by atoms with Crippen molar-refractivity contribution in [3.8, 4) is 11.3 Å². The molecule has 0 radical (unpaired) electrons. The number of carboxylic acids is 1. The summed E-state index contributed by atoms with van der Waals surface area (Å²) in [6, 6.07) is 0. The molecular weight excluding hydrogens is 427 g/mol. The molecule has 1 amide bonds. The molecule has 1 N–H and O–H groups in total. The molecule has 3 aliphatic rings. The molecule has 5 rings (SSSR count). The van der Waals surface area contributed by atoms with Crippen LogP contribution in [0, 0.1) is 11.8 Å². The van der Waals surface area contributed by atoms with Crippen molar-refractivity contribution in [2.24, 2.45) is 11.8 Å². The highest BCUT2D eigenvalue weighted by Gasteiger charge is 2.46. The summed E-state index contributed by atoms with van der Waals surface area (Å²) in [6.45, 7) is 3.81. The molecule has 1 saturated carbocycles. The maximum atomic E-state index is 13.8. The maximum Gasteiger partial charge on any atom is 0.421 e. The van der Waals surface area contributed by atoms with Crippen LogP contribution in [0.2, 0.25) is 0 Å². The summed E-state index contributed by atoms with van der Waals surface area (Å²) in [4.78, 5) is 25.6. The van der Waals surface area contributed by atoms with Crippen molar-refractivity contribution in [1.82, 2.24) is 14.7 Å². The van der Waals surface area contributed by atoms with E-state index in [0.29, 0.717) is 25.2 Å². The zero-order chi connectivity index (χ0) is 22.8. The van der Waals surface area contributed by atoms with Crippen LogP contribution < -0.4 is 0 Å². The van der Waals surface area contributed by atoms with E-state index in [4.69, 9.17) is 4.42 Å². The van der Waals surface area contributed by atoms with Gasteiger partial charge in [-0.25, -0.2) is 4.79 Å². The van der Waals surface area contributed by atoms with Gasteiger partial charge in [-0.15, -0.1) is 0 Å². The number of nitrogens with zero attached hydrogens (tertiary/aromatic N) is 3. The first-order valence-electron chi connectivity index (χ1n) is 11.0. The van der Waals surface area contributed by atoms with Crippen LogP contribution >= 0.6 is 0 Å². The van der Waals surface area contributed by atoms with E-state index in [0.717, 1.165) is 25.7 Å². The third-order valence-electron chi connectivity index (χ3n) is 6.81. The second kappa shape index (κ2) is 7.38. The number of amides is 1. The number of aromatic nitrogens is 2. The van der Waals surface area contributed by atoms with E-state index in [1.165, 1.54) is 0 Å². The molecule has 32 heavy (non-hydrogen) atoms. The highest BCUT2D eigenvalue weighted by atomic mass is 19.4. The van der Waals surface area contributed by atoms with E-state index < -0.39 is 23.5 Å². The normalized spacial score (nSPS) is 21.4. The Balaban J connectivity index is 1.40. The van der Waals surface area contributed by atoms with Crippen molar-refractivity contribution in [2.45, 2.75) is 57.7 Å². The first-order chi connectivity index (χ1) is 15.1. The van der Waals surface area contributed by atoms with Crippen molar-refractivity contribution >= 4 is 11.9 Å². The molecule has 0 unspecified atom stereocenters. The summed E-state index contributed by atoms with van der Waals surface area (Å²) in [5.74, 6) is -2.22. The summed E-state index contributed by atoms with van der Waals surface area (Å²) in [5, 5.41) is 13.7. The van der Waals surface area contributed by atoms with Gasteiger partial charge >= 0.3 is 12.1 Å². The molecule has 2 aromatic heterocycles. The number of hydrogen-bond acceptors (Lipinski definition) is 4. The quantitative estimate of drug-likeness (QED) is 0.754. The van der Waals surface area contributed by atoms with Gasteiger partial charge in [0.1, 0.15) is 11.3 Å². The molecular formula is C22H24F3N3O4. The Bertz CT molecular complexity index is 1080. The minimum Gasteiger partial charge on any atom is -0.475 e. The predicted molar refractivity (Wildman–Crippen MR) is 106 cm³/mol. The van der Waals surface area contributed by atoms with E-state index in [2.05, 4.69) is 5.10 Å². The van der Waals surface area contributed by atoms with Gasteiger partial charge in [-0.05, 0) is 37.5 Å². The summed E-state index contributed by atoms with van der Waals surface area (Å²) < 4.78 is 48.2. The first-order valence-corrected chi connectivity index (χ1v) is 11.0. The average molecular weight is 451 g/mol. The lowest BCUT2D eigenvalue weighted by atomic mass is 9.86. The number of hydrogen-bond donors (Lipinski definition) is 1. The third kappa shape index (κ3) is 3.59. The Labute approximate surface area is 182 Å². The fourth-order valence-corrected chi connectivity index (χ4v) is 4.96. The van der Waals surface area contributed by atoms with Gasteiger partial charge in [0.15, 0.2) is 0 Å². The van der Waals surface area contributed by atoms with Gasteiger partial charge in [-0.3, -0.25) is 9.48 Å². The van der Waals surface area contributed by atoms with Gasteiger partial charge in [-0.2, -0.15) is 18.3 Å². The second-order valence-corrected chi connectivity index (χ2v) is 9.21. The molecule has 0 bridgehead atoms. The van der Waals surface area contributed by atoms with Crippen molar-refractivity contribution in [1.29, 1.82) is 0 Å². The Morgan fingerprint density at radius 3 is 2.50 bits per heavy atom. The van der Waals surface area contributed by atoms with E-state index in [1.807, 2.05) is 11.8 Å². The standard InChI is InChI=1S/C22H24F3N3O4/c1-11-8-15-16(17(22(23,24)25)19(32-15)21(30)31)18-14(11)10-28(26-18)9-12-4-6-27(7-5-12)20(29)13-2-3-13/h10-13H,2-9H2,1H3,(H,30,31)/t11-/m1/s1. The number of carbonyl (C=O) groups is 2. The molecule has 7 nitrogen and oxygen atoms in total. The Hall–Kier alpha value is -2.78. The molecule has 2 fully saturated rings. The molecule has 1 atom stereocenters. The van der Waals surface area contributed by atoms with Gasteiger partial charge < -0.3 is 14.4 Å². The molecule has 10 heteroatoms. The second-order valence-electron chi connectivity index (χ2n) is 9.21. The lowest BCUT2D eigenvalue weighted by molar-refractivity contribution is -0.138. The average Bonchev–Trinajstić information content (AvgIpc) is 3.36.